The maximum Gasteiger partial charge on any atom is 0.0426 e. The molecule has 0 amide bonds. The largest absolute Gasteiger partial charge is 0.309 e. The summed E-state index contributed by atoms with van der Waals surface area (Å²) in [6, 6.07) is 9.45. The van der Waals surface area contributed by atoms with Gasteiger partial charge in [-0.05, 0) is 30.5 Å². The molecular weight excluding hydrogens is 238 g/mol. The van der Waals surface area contributed by atoms with Gasteiger partial charge in [0, 0.05) is 16.7 Å². The molecule has 1 aliphatic carbocycles. The van der Waals surface area contributed by atoms with Gasteiger partial charge in [-0.15, -0.1) is 11.8 Å². The second kappa shape index (κ2) is 6.12. The van der Waals surface area contributed by atoms with Crippen molar-refractivity contribution < 1.29 is 0 Å². The minimum atomic E-state index is 0.592. The fourth-order valence-electron chi connectivity index (χ4n) is 3.27. The van der Waals surface area contributed by atoms with Crippen LogP contribution >= 0.6 is 11.8 Å². The molecule has 1 aromatic carbocycles. The molecule has 0 bridgehead atoms. The Morgan fingerprint density at radius 2 is 1.94 bits per heavy atom. The Bertz CT molecular complexity index is 384. The van der Waals surface area contributed by atoms with E-state index in [9.17, 15) is 0 Å². The molecule has 98 valence electrons. The van der Waals surface area contributed by atoms with Crippen molar-refractivity contribution in [2.24, 2.45) is 5.92 Å². The van der Waals surface area contributed by atoms with E-state index in [-0.39, 0.29) is 0 Å². The summed E-state index contributed by atoms with van der Waals surface area (Å²) in [4.78, 5) is 1.48. The zero-order chi connectivity index (χ0) is 12.2. The van der Waals surface area contributed by atoms with Crippen molar-refractivity contribution in [1.29, 1.82) is 0 Å². The Morgan fingerprint density at radius 1 is 1.11 bits per heavy atom. The molecule has 1 aliphatic heterocycles. The normalized spacial score (nSPS) is 24.1. The van der Waals surface area contributed by atoms with Crippen molar-refractivity contribution in [2.75, 3.05) is 12.3 Å². The number of rotatable bonds is 4. The van der Waals surface area contributed by atoms with E-state index >= 15 is 0 Å². The average molecular weight is 261 g/mol. The molecule has 1 unspecified atom stereocenters. The van der Waals surface area contributed by atoms with Crippen LogP contribution in [0.2, 0.25) is 0 Å². The lowest BCUT2D eigenvalue weighted by molar-refractivity contribution is 0.330. The van der Waals surface area contributed by atoms with Crippen LogP contribution in [0.5, 0.6) is 0 Å². The first-order valence-electron chi connectivity index (χ1n) is 7.38. The highest BCUT2D eigenvalue weighted by Gasteiger charge is 2.22. The molecule has 3 rings (SSSR count). The van der Waals surface area contributed by atoms with Crippen LogP contribution in [0.15, 0.2) is 29.2 Å². The summed E-state index contributed by atoms with van der Waals surface area (Å²) in [5.74, 6) is 2.21. The molecule has 1 saturated carbocycles. The summed E-state index contributed by atoms with van der Waals surface area (Å²) >= 11 is 2.00. The van der Waals surface area contributed by atoms with Crippen LogP contribution in [-0.4, -0.2) is 12.3 Å². The van der Waals surface area contributed by atoms with E-state index in [4.69, 9.17) is 0 Å². The summed E-state index contributed by atoms with van der Waals surface area (Å²) in [5, 5.41) is 3.76. The molecule has 0 aromatic heterocycles. The Hall–Kier alpha value is -0.470. The van der Waals surface area contributed by atoms with Crippen molar-refractivity contribution in [3.05, 3.63) is 29.8 Å². The number of thioether (sulfide) groups is 1. The second-order valence-corrected chi connectivity index (χ2v) is 6.71. The summed E-state index contributed by atoms with van der Waals surface area (Å²) in [7, 11) is 0. The van der Waals surface area contributed by atoms with Gasteiger partial charge in [-0.2, -0.15) is 0 Å². The minimum absolute atomic E-state index is 0.592. The van der Waals surface area contributed by atoms with Crippen LogP contribution in [0.3, 0.4) is 0 Å². The van der Waals surface area contributed by atoms with Gasteiger partial charge in [0.25, 0.3) is 0 Å². The van der Waals surface area contributed by atoms with Gasteiger partial charge in [0.15, 0.2) is 0 Å². The topological polar surface area (TPSA) is 12.0 Å². The molecule has 1 nitrogen and oxygen atoms in total. The molecule has 0 radical (unpaired) electrons. The van der Waals surface area contributed by atoms with Crippen LogP contribution in [0.25, 0.3) is 0 Å². The Kier molecular flexibility index (Phi) is 4.27. The molecular formula is C16H23NS. The second-order valence-electron chi connectivity index (χ2n) is 5.65. The third kappa shape index (κ3) is 2.92. The van der Waals surface area contributed by atoms with Gasteiger partial charge in [0.1, 0.15) is 0 Å². The van der Waals surface area contributed by atoms with Crippen molar-refractivity contribution >= 4 is 11.8 Å². The van der Waals surface area contributed by atoms with Crippen molar-refractivity contribution in [2.45, 2.75) is 49.5 Å². The molecule has 1 atom stereocenters. The van der Waals surface area contributed by atoms with Gasteiger partial charge in [-0.25, -0.2) is 0 Å². The summed E-state index contributed by atoms with van der Waals surface area (Å²) in [5.41, 5.74) is 1.52. The third-order valence-corrected chi connectivity index (χ3v) is 5.55. The molecule has 1 N–H and O–H groups in total. The molecule has 18 heavy (non-hydrogen) atoms. The minimum Gasteiger partial charge on any atom is -0.309 e. The fraction of sp³-hybridized carbons (Fsp3) is 0.625. The predicted molar refractivity (Wildman–Crippen MR) is 79.1 cm³/mol. The van der Waals surface area contributed by atoms with E-state index < -0.39 is 0 Å². The monoisotopic (exact) mass is 261 g/mol. The van der Waals surface area contributed by atoms with Crippen molar-refractivity contribution in [1.82, 2.24) is 5.32 Å². The van der Waals surface area contributed by atoms with E-state index in [1.54, 1.807) is 0 Å². The molecule has 1 fully saturated rings. The average Bonchev–Trinajstić information content (AvgIpc) is 2.84. The van der Waals surface area contributed by atoms with Crippen LogP contribution in [0.4, 0.5) is 0 Å². The SMILES string of the molecule is c1ccc2c(c1)SCC2NCCC1CCCCC1. The Labute approximate surface area is 115 Å². The molecule has 0 spiro atoms. The number of fused-ring (bicyclic) bond motifs is 1. The standard InChI is InChI=1S/C16H23NS/c1-2-6-13(7-3-1)10-11-17-15-12-18-16-9-5-4-8-14(15)16/h4-5,8-9,13,15,17H,1-3,6-7,10-12H2. The van der Waals surface area contributed by atoms with Crippen LogP contribution < -0.4 is 5.32 Å². The predicted octanol–water partition coefficient (Wildman–Crippen LogP) is 4.39. The van der Waals surface area contributed by atoms with E-state index in [2.05, 4.69) is 29.6 Å². The number of hydrogen-bond donors (Lipinski definition) is 1. The first-order valence-corrected chi connectivity index (χ1v) is 8.37. The van der Waals surface area contributed by atoms with Gasteiger partial charge in [0.05, 0.1) is 0 Å². The van der Waals surface area contributed by atoms with Gasteiger partial charge in [-0.1, -0.05) is 50.3 Å². The zero-order valence-corrected chi connectivity index (χ0v) is 11.8. The van der Waals surface area contributed by atoms with Crippen LogP contribution in [0.1, 0.15) is 50.1 Å². The number of nitrogens with one attached hydrogen (secondary N) is 1. The molecule has 1 aromatic rings. The maximum absolute atomic E-state index is 3.76. The zero-order valence-electron chi connectivity index (χ0n) is 11.0. The van der Waals surface area contributed by atoms with Crippen molar-refractivity contribution in [3.8, 4) is 0 Å². The van der Waals surface area contributed by atoms with Gasteiger partial charge < -0.3 is 5.32 Å². The molecule has 2 aliphatic rings. The highest BCUT2D eigenvalue weighted by atomic mass is 32.2. The summed E-state index contributed by atoms with van der Waals surface area (Å²) in [6.07, 6.45) is 8.72. The van der Waals surface area contributed by atoms with Gasteiger partial charge >= 0.3 is 0 Å². The highest BCUT2D eigenvalue weighted by molar-refractivity contribution is 7.99. The lowest BCUT2D eigenvalue weighted by atomic mass is 9.87. The van der Waals surface area contributed by atoms with Gasteiger partial charge in [-0.3, -0.25) is 0 Å². The number of benzene rings is 1. The first kappa shape index (κ1) is 12.6. The van der Waals surface area contributed by atoms with Crippen LogP contribution in [-0.2, 0) is 0 Å². The fourth-order valence-corrected chi connectivity index (χ4v) is 4.46. The lowest BCUT2D eigenvalue weighted by Crippen LogP contribution is -2.24. The lowest BCUT2D eigenvalue weighted by Gasteiger charge is -2.22. The Balaban J connectivity index is 1.47. The molecule has 1 heterocycles. The summed E-state index contributed by atoms with van der Waals surface area (Å²) < 4.78 is 0. The van der Waals surface area contributed by atoms with Gasteiger partial charge in [0.2, 0.25) is 0 Å². The van der Waals surface area contributed by atoms with E-state index in [0.717, 1.165) is 5.92 Å². The van der Waals surface area contributed by atoms with E-state index in [1.165, 1.54) is 61.3 Å². The summed E-state index contributed by atoms with van der Waals surface area (Å²) in [6.45, 7) is 1.20. The smallest absolute Gasteiger partial charge is 0.0426 e. The third-order valence-electron chi connectivity index (χ3n) is 4.37. The van der Waals surface area contributed by atoms with E-state index in [0.29, 0.717) is 6.04 Å². The maximum atomic E-state index is 3.76. The molecule has 2 heteroatoms. The van der Waals surface area contributed by atoms with E-state index in [1.807, 2.05) is 11.8 Å². The van der Waals surface area contributed by atoms with Crippen LogP contribution in [0, 0.1) is 5.92 Å². The first-order chi connectivity index (χ1) is 8.93. The quantitative estimate of drug-likeness (QED) is 0.862. The number of hydrogen-bond acceptors (Lipinski definition) is 2. The van der Waals surface area contributed by atoms with Crippen molar-refractivity contribution in [3.63, 3.8) is 0 Å². The Morgan fingerprint density at radius 3 is 2.83 bits per heavy atom. The molecule has 0 saturated heterocycles. The highest BCUT2D eigenvalue weighted by Crippen LogP contribution is 2.37.